The second-order valence-corrected chi connectivity index (χ2v) is 7.47. The zero-order valence-electron chi connectivity index (χ0n) is 16.1. The third-order valence-electron chi connectivity index (χ3n) is 5.80. The minimum absolute atomic E-state index is 0.431. The SMILES string of the molecule is CCN1CCC(c2cnc3c(ccn3Cc3ccc(C(=O)NO)cc3)c2)CC1. The predicted octanol–water partition coefficient (Wildman–Crippen LogP) is 3.40. The zero-order chi connectivity index (χ0) is 19.5. The van der Waals surface area contributed by atoms with Crippen LogP contribution in [0.25, 0.3) is 11.0 Å². The van der Waals surface area contributed by atoms with Gasteiger partial charge in [0, 0.05) is 29.9 Å². The molecule has 4 rings (SSSR count). The number of nitrogens with one attached hydrogen (secondary N) is 1. The maximum absolute atomic E-state index is 11.4. The highest BCUT2D eigenvalue weighted by atomic mass is 16.5. The van der Waals surface area contributed by atoms with Gasteiger partial charge in [0.25, 0.3) is 5.91 Å². The average molecular weight is 378 g/mol. The summed E-state index contributed by atoms with van der Waals surface area (Å²) in [6.45, 7) is 6.39. The highest BCUT2D eigenvalue weighted by molar-refractivity contribution is 5.93. The molecular formula is C22H26N4O2. The summed E-state index contributed by atoms with van der Waals surface area (Å²) < 4.78 is 2.12. The summed E-state index contributed by atoms with van der Waals surface area (Å²) in [5.74, 6) is 0.102. The molecule has 2 N–H and O–H groups in total. The van der Waals surface area contributed by atoms with Crippen molar-refractivity contribution in [1.82, 2.24) is 19.9 Å². The Bertz CT molecular complexity index is 956. The van der Waals surface area contributed by atoms with Crippen molar-refractivity contribution < 1.29 is 10.0 Å². The lowest BCUT2D eigenvalue weighted by atomic mass is 9.90. The first-order valence-corrected chi connectivity index (χ1v) is 9.88. The first-order valence-electron chi connectivity index (χ1n) is 9.88. The quantitative estimate of drug-likeness (QED) is 0.527. The van der Waals surface area contributed by atoms with Gasteiger partial charge in [0.15, 0.2) is 0 Å². The Hall–Kier alpha value is -2.70. The fourth-order valence-electron chi connectivity index (χ4n) is 4.05. The first-order chi connectivity index (χ1) is 13.7. The Labute approximate surface area is 164 Å². The van der Waals surface area contributed by atoms with Crippen LogP contribution in [0, 0.1) is 0 Å². The van der Waals surface area contributed by atoms with E-state index in [1.54, 1.807) is 17.6 Å². The van der Waals surface area contributed by atoms with Crippen LogP contribution in [0.5, 0.6) is 0 Å². The molecule has 0 bridgehead atoms. The van der Waals surface area contributed by atoms with Crippen LogP contribution >= 0.6 is 0 Å². The number of piperidine rings is 1. The number of nitrogens with zero attached hydrogens (tertiary/aromatic N) is 3. The standard InChI is InChI=1S/C22H26N4O2/c1-2-25-10-7-17(8-11-25)20-13-19-9-12-26(21(19)23-14-20)15-16-3-5-18(6-4-16)22(27)24-28/h3-6,9,12-14,17,28H,2,7-8,10-11,15H2,1H3,(H,24,27). The second kappa shape index (κ2) is 8.12. The lowest BCUT2D eigenvalue weighted by molar-refractivity contribution is 0.0706. The van der Waals surface area contributed by atoms with Gasteiger partial charge in [0.05, 0.1) is 0 Å². The van der Waals surface area contributed by atoms with E-state index < -0.39 is 5.91 Å². The van der Waals surface area contributed by atoms with Crippen LogP contribution in [-0.2, 0) is 6.54 Å². The van der Waals surface area contributed by atoms with E-state index in [0.717, 1.165) is 17.8 Å². The van der Waals surface area contributed by atoms with Crippen LogP contribution in [0.4, 0.5) is 0 Å². The van der Waals surface area contributed by atoms with Gasteiger partial charge in [-0.3, -0.25) is 10.0 Å². The molecule has 0 radical (unpaired) electrons. The third-order valence-corrected chi connectivity index (χ3v) is 5.80. The van der Waals surface area contributed by atoms with E-state index in [2.05, 4.69) is 34.7 Å². The smallest absolute Gasteiger partial charge is 0.274 e. The summed E-state index contributed by atoms with van der Waals surface area (Å²) in [6, 6.07) is 11.6. The molecule has 0 aliphatic carbocycles. The van der Waals surface area contributed by atoms with Crippen molar-refractivity contribution in [1.29, 1.82) is 0 Å². The molecule has 1 fully saturated rings. The van der Waals surface area contributed by atoms with Crippen molar-refractivity contribution in [2.45, 2.75) is 32.2 Å². The summed E-state index contributed by atoms with van der Waals surface area (Å²) in [6.07, 6.45) is 6.51. The van der Waals surface area contributed by atoms with E-state index in [-0.39, 0.29) is 0 Å². The number of likely N-dealkylation sites (tertiary alicyclic amines) is 1. The van der Waals surface area contributed by atoms with Crippen LogP contribution in [0.1, 0.15) is 47.2 Å². The van der Waals surface area contributed by atoms with Gasteiger partial charge in [-0.1, -0.05) is 19.1 Å². The van der Waals surface area contributed by atoms with Crippen molar-refractivity contribution in [3.05, 3.63) is 65.5 Å². The molecule has 6 heteroatoms. The van der Waals surface area contributed by atoms with Gasteiger partial charge in [-0.2, -0.15) is 0 Å². The molecule has 1 aliphatic heterocycles. The Morgan fingerprint density at radius 2 is 1.96 bits per heavy atom. The molecule has 1 saturated heterocycles. The molecule has 1 aromatic carbocycles. The monoisotopic (exact) mass is 378 g/mol. The van der Waals surface area contributed by atoms with Gasteiger partial charge < -0.3 is 9.47 Å². The maximum atomic E-state index is 11.4. The number of benzene rings is 1. The topological polar surface area (TPSA) is 70.4 Å². The second-order valence-electron chi connectivity index (χ2n) is 7.47. The van der Waals surface area contributed by atoms with Gasteiger partial charge in [0.2, 0.25) is 0 Å². The fraction of sp³-hybridized carbons (Fsp3) is 0.364. The average Bonchev–Trinajstić information content (AvgIpc) is 3.15. The molecule has 0 spiro atoms. The first kappa shape index (κ1) is 18.7. The third kappa shape index (κ3) is 3.79. The molecule has 3 heterocycles. The normalized spacial score (nSPS) is 15.8. The summed E-state index contributed by atoms with van der Waals surface area (Å²) in [5.41, 5.74) is 5.48. The largest absolute Gasteiger partial charge is 0.328 e. The Morgan fingerprint density at radius 1 is 1.21 bits per heavy atom. The van der Waals surface area contributed by atoms with Gasteiger partial charge >= 0.3 is 0 Å². The number of fused-ring (bicyclic) bond motifs is 1. The number of aromatic nitrogens is 2. The van der Waals surface area contributed by atoms with E-state index in [9.17, 15) is 4.79 Å². The number of amides is 1. The van der Waals surface area contributed by atoms with E-state index >= 15 is 0 Å². The summed E-state index contributed by atoms with van der Waals surface area (Å²) in [4.78, 5) is 18.7. The summed E-state index contributed by atoms with van der Waals surface area (Å²) in [7, 11) is 0. The van der Waals surface area contributed by atoms with Crippen LogP contribution < -0.4 is 5.48 Å². The molecule has 1 aliphatic rings. The molecule has 0 saturated carbocycles. The van der Waals surface area contributed by atoms with Crippen LogP contribution in [0.2, 0.25) is 0 Å². The number of carbonyl (C=O) groups excluding carboxylic acids is 1. The number of hydrogen-bond acceptors (Lipinski definition) is 4. The van der Waals surface area contributed by atoms with E-state index in [4.69, 9.17) is 10.2 Å². The molecule has 0 unspecified atom stereocenters. The molecular weight excluding hydrogens is 352 g/mol. The lowest BCUT2D eigenvalue weighted by Crippen LogP contribution is -2.32. The molecule has 2 aromatic heterocycles. The Morgan fingerprint density at radius 3 is 2.64 bits per heavy atom. The van der Waals surface area contributed by atoms with Crippen LogP contribution in [0.15, 0.2) is 48.8 Å². The number of hydroxylamine groups is 1. The molecule has 146 valence electrons. The number of carbonyl (C=O) groups is 1. The van der Waals surface area contributed by atoms with Crippen molar-refractivity contribution in [3.63, 3.8) is 0 Å². The minimum atomic E-state index is -0.503. The summed E-state index contributed by atoms with van der Waals surface area (Å²) in [5, 5.41) is 9.88. The minimum Gasteiger partial charge on any atom is -0.328 e. The van der Waals surface area contributed by atoms with Gasteiger partial charge in [0.1, 0.15) is 5.65 Å². The molecule has 3 aromatic rings. The Kier molecular flexibility index (Phi) is 5.41. The molecule has 6 nitrogen and oxygen atoms in total. The molecule has 0 atom stereocenters. The van der Waals surface area contributed by atoms with Crippen LogP contribution in [-0.4, -0.2) is 45.2 Å². The summed E-state index contributed by atoms with van der Waals surface area (Å²) >= 11 is 0. The highest BCUT2D eigenvalue weighted by Crippen LogP contribution is 2.29. The zero-order valence-corrected chi connectivity index (χ0v) is 16.1. The van der Waals surface area contributed by atoms with E-state index in [0.29, 0.717) is 18.0 Å². The van der Waals surface area contributed by atoms with Gasteiger partial charge in [-0.15, -0.1) is 0 Å². The highest BCUT2D eigenvalue weighted by Gasteiger charge is 2.20. The van der Waals surface area contributed by atoms with Gasteiger partial charge in [-0.05, 0) is 73.8 Å². The predicted molar refractivity (Wildman–Crippen MR) is 109 cm³/mol. The number of hydrogen-bond donors (Lipinski definition) is 2. The maximum Gasteiger partial charge on any atom is 0.274 e. The van der Waals surface area contributed by atoms with E-state index in [1.807, 2.05) is 18.3 Å². The lowest BCUT2D eigenvalue weighted by Gasteiger charge is -2.31. The van der Waals surface area contributed by atoms with Crippen molar-refractivity contribution in [2.24, 2.45) is 0 Å². The molecule has 1 amide bonds. The van der Waals surface area contributed by atoms with E-state index in [1.165, 1.54) is 36.9 Å². The number of pyridine rings is 1. The van der Waals surface area contributed by atoms with Crippen LogP contribution in [0.3, 0.4) is 0 Å². The van der Waals surface area contributed by atoms with Gasteiger partial charge in [-0.25, -0.2) is 10.5 Å². The number of rotatable bonds is 5. The van der Waals surface area contributed by atoms with Crippen molar-refractivity contribution >= 4 is 16.9 Å². The Balaban J connectivity index is 1.49. The molecule has 28 heavy (non-hydrogen) atoms. The van der Waals surface area contributed by atoms with Crippen molar-refractivity contribution in [2.75, 3.05) is 19.6 Å². The fourth-order valence-corrected chi connectivity index (χ4v) is 4.05. The van der Waals surface area contributed by atoms with Crippen molar-refractivity contribution in [3.8, 4) is 0 Å².